The van der Waals surface area contributed by atoms with E-state index in [0.29, 0.717) is 24.9 Å². The van der Waals surface area contributed by atoms with Crippen LogP contribution >= 0.6 is 0 Å². The van der Waals surface area contributed by atoms with Gasteiger partial charge in [0.1, 0.15) is 18.1 Å². The summed E-state index contributed by atoms with van der Waals surface area (Å²) in [6.07, 6.45) is 1.76. The number of halogens is 3. The maximum absolute atomic E-state index is 13.6. The average Bonchev–Trinajstić information content (AvgIpc) is 3.53. The van der Waals surface area contributed by atoms with Crippen LogP contribution in [0.1, 0.15) is 52.0 Å². The van der Waals surface area contributed by atoms with Crippen molar-refractivity contribution in [2.45, 2.75) is 69.7 Å². The smallest absolute Gasteiger partial charge is 0.397 e. The van der Waals surface area contributed by atoms with Crippen LogP contribution < -0.4 is 14.4 Å². The van der Waals surface area contributed by atoms with Crippen molar-refractivity contribution in [1.29, 1.82) is 0 Å². The standard InChI is InChI=1S/C33H38F3N7O6S/c1-31(2,33(34,35)36)21-49-26-16-18-43(40-26)29-28-23-13-8-7-12-22(23)11-6-4-5-9-17-42(20-32(3,46)30(44)45)25-14-10-15-27(39-25)50(47,48)41-24(38-28)19-37-29/h7-8,10,12-16,18-19,46H,4-6,9,11,17,20-21H2,1-3H3,(H,38,41)(H,44,45). The van der Waals surface area contributed by atoms with E-state index in [2.05, 4.69) is 24.8 Å². The molecule has 5 rings (SSSR count). The molecule has 268 valence electrons. The largest absolute Gasteiger partial charge is 0.479 e. The lowest BCUT2D eigenvalue weighted by molar-refractivity contribution is -0.219. The van der Waals surface area contributed by atoms with Crippen molar-refractivity contribution in [3.8, 4) is 23.0 Å². The van der Waals surface area contributed by atoms with Crippen molar-refractivity contribution < 1.29 is 41.3 Å². The summed E-state index contributed by atoms with van der Waals surface area (Å²) in [6, 6.07) is 13.1. The van der Waals surface area contributed by atoms with Crippen LogP contribution in [0.15, 0.2) is 66.0 Å². The molecule has 4 aromatic rings. The van der Waals surface area contributed by atoms with Crippen LogP contribution in [0.4, 0.5) is 24.8 Å². The van der Waals surface area contributed by atoms with Gasteiger partial charge in [-0.1, -0.05) is 43.2 Å². The summed E-state index contributed by atoms with van der Waals surface area (Å²) < 4.78 is 76.6. The first-order valence-electron chi connectivity index (χ1n) is 15.9. The fourth-order valence-electron chi connectivity index (χ4n) is 5.19. The maximum Gasteiger partial charge on any atom is 0.397 e. The Balaban J connectivity index is 1.54. The van der Waals surface area contributed by atoms with Gasteiger partial charge in [0.2, 0.25) is 5.88 Å². The number of benzene rings is 1. The zero-order valence-corrected chi connectivity index (χ0v) is 28.5. The number of ether oxygens (including phenoxy) is 1. The summed E-state index contributed by atoms with van der Waals surface area (Å²) >= 11 is 0. The third kappa shape index (κ3) is 8.33. The van der Waals surface area contributed by atoms with E-state index in [4.69, 9.17) is 4.74 Å². The zero-order chi connectivity index (χ0) is 36.3. The van der Waals surface area contributed by atoms with E-state index in [1.54, 1.807) is 17.0 Å². The number of carboxylic acids is 1. The number of carbonyl (C=O) groups is 1. The topological polar surface area (TPSA) is 173 Å². The Morgan fingerprint density at radius 3 is 2.48 bits per heavy atom. The number of aryl methyl sites for hydroxylation is 1. The molecule has 4 bridgehead atoms. The molecule has 1 unspecified atom stereocenters. The van der Waals surface area contributed by atoms with Crippen molar-refractivity contribution in [2.75, 3.05) is 29.3 Å². The average molecular weight is 718 g/mol. The number of hydrogen-bond acceptors (Lipinski definition) is 10. The quantitative estimate of drug-likeness (QED) is 0.228. The number of pyridine rings is 1. The molecule has 0 aliphatic carbocycles. The third-order valence-electron chi connectivity index (χ3n) is 8.29. The summed E-state index contributed by atoms with van der Waals surface area (Å²) in [7, 11) is -4.36. The lowest BCUT2D eigenvalue weighted by atomic mass is 9.94. The molecule has 17 heteroatoms. The maximum atomic E-state index is 13.6. The minimum Gasteiger partial charge on any atom is -0.479 e. The normalized spacial score (nSPS) is 16.7. The van der Waals surface area contributed by atoms with Gasteiger partial charge in [-0.25, -0.2) is 24.4 Å². The fraction of sp³-hybridized carbons (Fsp3) is 0.424. The van der Waals surface area contributed by atoms with E-state index in [9.17, 15) is 36.6 Å². The molecule has 0 fully saturated rings. The van der Waals surface area contributed by atoms with Gasteiger partial charge in [-0.3, -0.25) is 4.72 Å². The molecule has 3 N–H and O–H groups in total. The number of sulfonamides is 1. The number of nitrogens with one attached hydrogen (secondary N) is 1. The van der Waals surface area contributed by atoms with Crippen LogP contribution in [0.5, 0.6) is 5.88 Å². The Morgan fingerprint density at radius 1 is 1.00 bits per heavy atom. The van der Waals surface area contributed by atoms with Gasteiger partial charge < -0.3 is 19.8 Å². The van der Waals surface area contributed by atoms with Gasteiger partial charge in [0, 0.05) is 24.4 Å². The van der Waals surface area contributed by atoms with Gasteiger partial charge in [-0.05, 0) is 57.7 Å². The molecule has 13 nitrogen and oxygen atoms in total. The number of β-amino-alcohol motifs (C(OH)–C–C–N with tert-alkyl or cyclic N) is 1. The highest BCUT2D eigenvalue weighted by molar-refractivity contribution is 7.92. The van der Waals surface area contributed by atoms with Crippen molar-refractivity contribution in [3.05, 3.63) is 66.5 Å². The Morgan fingerprint density at radius 2 is 1.74 bits per heavy atom. The number of aliphatic carboxylic acids is 1. The van der Waals surface area contributed by atoms with E-state index < -0.39 is 39.8 Å². The number of fused-ring (bicyclic) bond motifs is 6. The molecule has 3 aromatic heterocycles. The van der Waals surface area contributed by atoms with E-state index in [1.807, 2.05) is 18.2 Å². The highest BCUT2D eigenvalue weighted by Crippen LogP contribution is 2.38. The van der Waals surface area contributed by atoms with E-state index in [1.165, 1.54) is 42.2 Å². The van der Waals surface area contributed by atoms with Crippen LogP contribution in [0.25, 0.3) is 17.1 Å². The molecule has 1 aliphatic rings. The molecule has 0 spiro atoms. The zero-order valence-electron chi connectivity index (χ0n) is 27.7. The molecular weight excluding hydrogens is 679 g/mol. The molecule has 1 atom stereocenters. The monoisotopic (exact) mass is 717 g/mol. The van der Waals surface area contributed by atoms with Gasteiger partial charge in [0.05, 0.1) is 18.2 Å². The Bertz CT molecular complexity index is 1950. The molecule has 0 amide bonds. The lowest BCUT2D eigenvalue weighted by Gasteiger charge is -2.30. The molecule has 1 aromatic carbocycles. The number of aromatic nitrogens is 5. The molecule has 0 saturated heterocycles. The molecule has 0 saturated carbocycles. The van der Waals surface area contributed by atoms with Gasteiger partial charge in [-0.15, -0.1) is 5.10 Å². The van der Waals surface area contributed by atoms with Crippen molar-refractivity contribution in [3.63, 3.8) is 0 Å². The number of alkyl halides is 3. The second kappa shape index (κ2) is 14.2. The van der Waals surface area contributed by atoms with Gasteiger partial charge in [0.25, 0.3) is 10.0 Å². The number of aliphatic hydroxyl groups is 1. The fourth-order valence-corrected chi connectivity index (χ4v) is 6.14. The predicted octanol–water partition coefficient (Wildman–Crippen LogP) is 5.25. The van der Waals surface area contributed by atoms with E-state index in [-0.39, 0.29) is 40.6 Å². The number of anilines is 2. The highest BCUT2D eigenvalue weighted by Gasteiger charge is 2.48. The van der Waals surface area contributed by atoms with Gasteiger partial charge in [-0.2, -0.15) is 21.6 Å². The second-order valence-electron chi connectivity index (χ2n) is 13.0. The van der Waals surface area contributed by atoms with Crippen LogP contribution in [-0.4, -0.2) is 80.8 Å². The number of nitrogens with zero attached hydrogens (tertiary/aromatic N) is 6. The number of carboxylic acid groups (broad SMARTS) is 1. The van der Waals surface area contributed by atoms with E-state index >= 15 is 0 Å². The van der Waals surface area contributed by atoms with Gasteiger partial charge in [0.15, 0.2) is 22.3 Å². The van der Waals surface area contributed by atoms with Crippen molar-refractivity contribution >= 4 is 27.6 Å². The van der Waals surface area contributed by atoms with Gasteiger partial charge >= 0.3 is 12.1 Å². The van der Waals surface area contributed by atoms with Crippen LogP contribution in [0.2, 0.25) is 0 Å². The first kappa shape index (κ1) is 36.5. The molecule has 1 aliphatic heterocycles. The third-order valence-corrected chi connectivity index (χ3v) is 9.54. The summed E-state index contributed by atoms with van der Waals surface area (Å²) in [5.74, 6) is -1.28. The van der Waals surface area contributed by atoms with Crippen LogP contribution in [0, 0.1) is 5.41 Å². The second-order valence-corrected chi connectivity index (χ2v) is 14.6. The first-order chi connectivity index (χ1) is 23.5. The van der Waals surface area contributed by atoms with Crippen LogP contribution in [0.3, 0.4) is 0 Å². The first-order valence-corrected chi connectivity index (χ1v) is 17.4. The lowest BCUT2D eigenvalue weighted by Crippen LogP contribution is -2.47. The van der Waals surface area contributed by atoms with Crippen molar-refractivity contribution in [2.24, 2.45) is 5.41 Å². The highest BCUT2D eigenvalue weighted by atomic mass is 32.2. The van der Waals surface area contributed by atoms with Crippen LogP contribution in [-0.2, 0) is 21.2 Å². The summed E-state index contributed by atoms with van der Waals surface area (Å²) in [6.45, 7) is 2.56. The minimum atomic E-state index is -4.49. The number of rotatable bonds is 7. The molecule has 0 radical (unpaired) electrons. The Kier molecular flexibility index (Phi) is 10.4. The summed E-state index contributed by atoms with van der Waals surface area (Å²) in [5, 5.41) is 24.0. The summed E-state index contributed by atoms with van der Waals surface area (Å²) in [4.78, 5) is 26.7. The Hall–Kier alpha value is -4.77. The minimum absolute atomic E-state index is 0.0662. The van der Waals surface area contributed by atoms with Crippen molar-refractivity contribution in [1.82, 2.24) is 24.7 Å². The molecule has 50 heavy (non-hydrogen) atoms. The van der Waals surface area contributed by atoms with E-state index in [0.717, 1.165) is 38.7 Å². The summed E-state index contributed by atoms with van der Waals surface area (Å²) in [5.41, 5.74) is -2.43. The number of hydrogen-bond donors (Lipinski definition) is 3. The Labute approximate surface area is 287 Å². The SMILES string of the molecule is CC(O)(CN1CCCCCCc2ccccc2-c2nc(cnc2-n2ccc(OCC(C)(C)C(F)(F)F)n2)NS(=O)(=O)c2cccc1n2)C(=O)O. The molecule has 4 heterocycles. The predicted molar refractivity (Wildman–Crippen MR) is 178 cm³/mol. The molecular formula is C33H38F3N7O6S.